The quantitative estimate of drug-likeness (QED) is 0.798. The Bertz CT molecular complexity index is 493. The van der Waals surface area contributed by atoms with Crippen molar-refractivity contribution in [3.05, 3.63) is 35.4 Å². The van der Waals surface area contributed by atoms with Gasteiger partial charge in [0.05, 0.1) is 12.7 Å². The normalized spacial score (nSPS) is 20.5. The zero-order valence-electron chi connectivity index (χ0n) is 12.1. The lowest BCUT2D eigenvalue weighted by atomic mass is 10.1. The van der Waals surface area contributed by atoms with Crippen LogP contribution in [0.2, 0.25) is 0 Å². The second-order valence-electron chi connectivity index (χ2n) is 4.96. The van der Waals surface area contributed by atoms with E-state index >= 15 is 0 Å². The first-order valence-corrected chi connectivity index (χ1v) is 6.94. The van der Waals surface area contributed by atoms with Crippen LogP contribution in [0.15, 0.2) is 24.3 Å². The molecule has 1 aromatic carbocycles. The Labute approximate surface area is 126 Å². The molecule has 122 valence electrons. The third kappa shape index (κ3) is 4.20. The van der Waals surface area contributed by atoms with Crippen molar-refractivity contribution in [2.24, 2.45) is 0 Å². The maximum Gasteiger partial charge on any atom is 0.416 e. The zero-order chi connectivity index (χ0) is 16.2. The minimum Gasteiger partial charge on any atom is -0.467 e. The van der Waals surface area contributed by atoms with Gasteiger partial charge in [-0.25, -0.2) is 4.79 Å². The lowest BCUT2D eigenvalue weighted by molar-refractivity contribution is -0.204. The first-order chi connectivity index (χ1) is 10.4. The highest BCUT2D eigenvalue weighted by Gasteiger charge is 2.32. The second kappa shape index (κ2) is 7.11. The highest BCUT2D eigenvalue weighted by atomic mass is 19.4. The van der Waals surface area contributed by atoms with Gasteiger partial charge >= 0.3 is 12.1 Å². The molecule has 0 N–H and O–H groups in total. The second-order valence-corrected chi connectivity index (χ2v) is 4.96. The number of carbonyl (C=O) groups is 1. The number of hydrogen-bond acceptors (Lipinski definition) is 4. The minimum atomic E-state index is -4.42. The van der Waals surface area contributed by atoms with Gasteiger partial charge in [-0.1, -0.05) is 12.1 Å². The van der Waals surface area contributed by atoms with Crippen molar-refractivity contribution in [2.75, 3.05) is 13.7 Å². The van der Waals surface area contributed by atoms with Gasteiger partial charge in [0.15, 0.2) is 12.4 Å². The first kappa shape index (κ1) is 16.8. The van der Waals surface area contributed by atoms with E-state index in [1.54, 1.807) is 0 Å². The summed E-state index contributed by atoms with van der Waals surface area (Å²) in [5.74, 6) is -0.672. The molecule has 2 atom stereocenters. The van der Waals surface area contributed by atoms with Gasteiger partial charge in [0.25, 0.3) is 0 Å². The molecular formula is C15H17F3O4. The van der Waals surface area contributed by atoms with E-state index in [1.807, 2.05) is 0 Å². The average molecular weight is 318 g/mol. The van der Waals surface area contributed by atoms with Crippen molar-refractivity contribution in [2.45, 2.75) is 37.8 Å². The van der Waals surface area contributed by atoms with Crippen LogP contribution in [0.4, 0.5) is 13.2 Å². The number of carbonyl (C=O) groups excluding carboxylic acids is 1. The minimum absolute atomic E-state index is 0.300. The number of methoxy groups -OCH3 is 1. The highest BCUT2D eigenvalue weighted by molar-refractivity contribution is 5.76. The summed E-state index contributed by atoms with van der Waals surface area (Å²) < 4.78 is 53.4. The van der Waals surface area contributed by atoms with E-state index < -0.39 is 30.1 Å². The maximum absolute atomic E-state index is 12.6. The first-order valence-electron chi connectivity index (χ1n) is 6.94. The fourth-order valence-electron chi connectivity index (χ4n) is 2.19. The van der Waals surface area contributed by atoms with Crippen molar-refractivity contribution in [3.63, 3.8) is 0 Å². The summed E-state index contributed by atoms with van der Waals surface area (Å²) in [5.41, 5.74) is -0.484. The number of rotatable bonds is 4. The Kier molecular flexibility index (Phi) is 5.42. The van der Waals surface area contributed by atoms with Crippen LogP contribution in [0, 0.1) is 0 Å². The van der Waals surface area contributed by atoms with Crippen LogP contribution in [0.25, 0.3) is 0 Å². The molecule has 4 nitrogen and oxygen atoms in total. The van der Waals surface area contributed by atoms with Crippen molar-refractivity contribution >= 4 is 5.97 Å². The third-order valence-corrected chi connectivity index (χ3v) is 3.38. The van der Waals surface area contributed by atoms with Gasteiger partial charge in [-0.15, -0.1) is 0 Å². The molecule has 0 bridgehead atoms. The van der Waals surface area contributed by atoms with Crippen molar-refractivity contribution < 1.29 is 32.2 Å². The highest BCUT2D eigenvalue weighted by Crippen LogP contribution is 2.31. The Balaban J connectivity index is 2.16. The van der Waals surface area contributed by atoms with Gasteiger partial charge in [-0.2, -0.15) is 13.2 Å². The van der Waals surface area contributed by atoms with Gasteiger partial charge in [0.1, 0.15) is 0 Å². The third-order valence-electron chi connectivity index (χ3n) is 3.38. The molecule has 0 saturated carbocycles. The van der Waals surface area contributed by atoms with Crippen LogP contribution in [0.5, 0.6) is 0 Å². The van der Waals surface area contributed by atoms with E-state index in [0.717, 1.165) is 25.0 Å². The number of alkyl halides is 3. The molecule has 1 aromatic rings. The molecule has 1 fully saturated rings. The molecule has 0 aliphatic carbocycles. The molecule has 1 aliphatic heterocycles. The lowest BCUT2D eigenvalue weighted by Gasteiger charge is -2.26. The number of halogens is 3. The van der Waals surface area contributed by atoms with Crippen LogP contribution in [0.1, 0.15) is 36.5 Å². The van der Waals surface area contributed by atoms with Gasteiger partial charge in [-0.3, -0.25) is 0 Å². The van der Waals surface area contributed by atoms with E-state index in [1.165, 1.54) is 19.2 Å². The zero-order valence-corrected chi connectivity index (χ0v) is 12.1. The lowest BCUT2D eigenvalue weighted by Crippen LogP contribution is -2.28. The Morgan fingerprint density at radius 1 is 1.27 bits per heavy atom. The monoisotopic (exact) mass is 318 g/mol. The van der Waals surface area contributed by atoms with Crippen molar-refractivity contribution in [1.29, 1.82) is 0 Å². The summed E-state index contributed by atoms with van der Waals surface area (Å²) >= 11 is 0. The largest absolute Gasteiger partial charge is 0.467 e. The molecule has 7 heteroatoms. The molecule has 2 rings (SSSR count). The Hall–Kier alpha value is -1.60. The van der Waals surface area contributed by atoms with E-state index in [-0.39, 0.29) is 0 Å². The Morgan fingerprint density at radius 3 is 2.45 bits per heavy atom. The summed E-state index contributed by atoms with van der Waals surface area (Å²) in [4.78, 5) is 11.8. The maximum atomic E-state index is 12.6. The van der Waals surface area contributed by atoms with Gasteiger partial charge < -0.3 is 14.2 Å². The predicted octanol–water partition coefficient (Wildman–Crippen LogP) is 3.46. The van der Waals surface area contributed by atoms with Crippen LogP contribution < -0.4 is 0 Å². The van der Waals surface area contributed by atoms with Crippen LogP contribution in [0.3, 0.4) is 0 Å². The standard InChI is InChI=1S/C15H17F3O4/c1-20-14(19)13(22-12-4-2-3-9-21-12)10-5-7-11(8-6-10)15(16,17)18/h5-8,12-13H,2-4,9H2,1H3/t12?,13-/m0/s1. The summed E-state index contributed by atoms with van der Waals surface area (Å²) in [6, 6.07) is 4.26. The SMILES string of the molecule is COC(=O)[C@@H](OC1CCCCO1)c1ccc(C(F)(F)F)cc1. The predicted molar refractivity (Wildman–Crippen MR) is 70.9 cm³/mol. The van der Waals surface area contributed by atoms with Gasteiger partial charge in [0.2, 0.25) is 0 Å². The topological polar surface area (TPSA) is 44.8 Å². The molecule has 0 radical (unpaired) electrons. The molecule has 22 heavy (non-hydrogen) atoms. The average Bonchev–Trinajstić information content (AvgIpc) is 2.52. The molecule has 0 aromatic heterocycles. The fourth-order valence-corrected chi connectivity index (χ4v) is 2.19. The summed E-state index contributed by atoms with van der Waals surface area (Å²) in [6.45, 7) is 0.533. The molecule has 0 amide bonds. The van der Waals surface area contributed by atoms with Crippen LogP contribution >= 0.6 is 0 Å². The van der Waals surface area contributed by atoms with Crippen LogP contribution in [-0.4, -0.2) is 26.0 Å². The fraction of sp³-hybridized carbons (Fsp3) is 0.533. The van der Waals surface area contributed by atoms with Gasteiger partial charge in [-0.05, 0) is 37.0 Å². The number of ether oxygens (including phenoxy) is 3. The van der Waals surface area contributed by atoms with Crippen molar-refractivity contribution in [1.82, 2.24) is 0 Å². The summed E-state index contributed by atoms with van der Waals surface area (Å²) in [5, 5.41) is 0. The van der Waals surface area contributed by atoms with Crippen molar-refractivity contribution in [3.8, 4) is 0 Å². The molecule has 1 saturated heterocycles. The summed E-state index contributed by atoms with van der Waals surface area (Å²) in [6.07, 6.45) is -3.62. The van der Waals surface area contributed by atoms with E-state index in [4.69, 9.17) is 9.47 Å². The Morgan fingerprint density at radius 2 is 1.95 bits per heavy atom. The number of esters is 1. The van der Waals surface area contributed by atoms with E-state index in [2.05, 4.69) is 4.74 Å². The molecule has 1 heterocycles. The molecular weight excluding hydrogens is 301 g/mol. The van der Waals surface area contributed by atoms with E-state index in [0.29, 0.717) is 18.6 Å². The molecule has 1 unspecified atom stereocenters. The number of benzene rings is 1. The smallest absolute Gasteiger partial charge is 0.416 e. The van der Waals surface area contributed by atoms with E-state index in [9.17, 15) is 18.0 Å². The summed E-state index contributed by atoms with van der Waals surface area (Å²) in [7, 11) is 1.20. The van der Waals surface area contributed by atoms with Gasteiger partial charge in [0, 0.05) is 6.61 Å². The number of hydrogen-bond donors (Lipinski definition) is 0. The van der Waals surface area contributed by atoms with Crippen LogP contribution in [-0.2, 0) is 25.2 Å². The molecule has 1 aliphatic rings. The molecule has 0 spiro atoms.